The van der Waals surface area contributed by atoms with E-state index in [9.17, 15) is 4.79 Å². The van der Waals surface area contributed by atoms with E-state index in [0.29, 0.717) is 12.3 Å². The minimum absolute atomic E-state index is 0.265. The van der Waals surface area contributed by atoms with Gasteiger partial charge in [0.15, 0.2) is 5.78 Å². The maximum absolute atomic E-state index is 11.8. The first-order chi connectivity index (χ1) is 6.68. The van der Waals surface area contributed by atoms with Crippen LogP contribution in [0, 0.1) is 12.8 Å². The molecule has 1 atom stereocenters. The molecule has 1 aromatic rings. The van der Waals surface area contributed by atoms with Crippen LogP contribution in [0.25, 0.3) is 6.08 Å². The molecule has 1 aliphatic carbocycles. The third-order valence-electron chi connectivity index (χ3n) is 2.72. The Morgan fingerprint density at radius 2 is 2.14 bits per heavy atom. The topological polar surface area (TPSA) is 17.1 Å². The van der Waals surface area contributed by atoms with E-state index >= 15 is 0 Å². The van der Waals surface area contributed by atoms with Crippen molar-refractivity contribution in [3.05, 3.63) is 41.0 Å². The molecule has 0 spiro atoms. The van der Waals surface area contributed by atoms with Gasteiger partial charge >= 0.3 is 0 Å². The summed E-state index contributed by atoms with van der Waals surface area (Å²) in [6, 6.07) is 5.93. The zero-order chi connectivity index (χ0) is 10.1. The molecule has 0 bridgehead atoms. The zero-order valence-electron chi connectivity index (χ0n) is 8.58. The van der Waals surface area contributed by atoms with E-state index < -0.39 is 0 Å². The van der Waals surface area contributed by atoms with Crippen LogP contribution in [0.2, 0.25) is 0 Å². The Morgan fingerprint density at radius 3 is 2.93 bits per heavy atom. The third kappa shape index (κ3) is 1.50. The maximum atomic E-state index is 11.8. The second kappa shape index (κ2) is 3.41. The fourth-order valence-electron chi connectivity index (χ4n) is 1.88. The zero-order valence-corrected chi connectivity index (χ0v) is 8.58. The molecular formula is C13H14O. The summed E-state index contributed by atoms with van der Waals surface area (Å²) in [5.41, 5.74) is 3.16. The van der Waals surface area contributed by atoms with Crippen molar-refractivity contribution in [3.63, 3.8) is 0 Å². The molecule has 0 saturated carbocycles. The lowest BCUT2D eigenvalue weighted by molar-refractivity contribution is 0.0972. The molecule has 14 heavy (non-hydrogen) atoms. The number of benzene rings is 1. The van der Waals surface area contributed by atoms with Gasteiger partial charge in [-0.3, -0.25) is 4.79 Å². The minimum Gasteiger partial charge on any atom is -0.294 e. The summed E-state index contributed by atoms with van der Waals surface area (Å²) < 4.78 is 0. The molecule has 72 valence electrons. The normalized spacial score (nSPS) is 20.4. The highest BCUT2D eigenvalue weighted by molar-refractivity contribution is 6.00. The monoisotopic (exact) mass is 186 g/mol. The molecule has 0 aromatic heterocycles. The number of carbonyl (C=O) groups excluding carboxylic acids is 1. The van der Waals surface area contributed by atoms with Crippen molar-refractivity contribution in [2.45, 2.75) is 20.3 Å². The number of fused-ring (bicyclic) bond motifs is 1. The Hall–Kier alpha value is -1.37. The summed E-state index contributed by atoms with van der Waals surface area (Å²) >= 11 is 0. The number of carbonyl (C=O) groups is 1. The number of hydrogen-bond donors (Lipinski definition) is 0. The second-order valence-electron chi connectivity index (χ2n) is 4.00. The summed E-state index contributed by atoms with van der Waals surface area (Å²) in [6.45, 7) is 4.13. The highest BCUT2D eigenvalue weighted by Crippen LogP contribution is 2.24. The van der Waals surface area contributed by atoms with Crippen LogP contribution >= 0.6 is 0 Å². The van der Waals surface area contributed by atoms with Crippen molar-refractivity contribution in [3.8, 4) is 0 Å². The number of Topliss-reactive ketones (excluding diaryl/α,β-unsaturated/α-hetero) is 1. The van der Waals surface area contributed by atoms with Crippen molar-refractivity contribution in [2.24, 2.45) is 5.92 Å². The SMILES string of the molecule is Cc1cccc2c1C=CC(C)CC2=O. The summed E-state index contributed by atoms with van der Waals surface area (Å²) in [6.07, 6.45) is 4.84. The van der Waals surface area contributed by atoms with E-state index in [2.05, 4.69) is 19.1 Å². The van der Waals surface area contributed by atoms with Crippen LogP contribution in [0.5, 0.6) is 0 Å². The maximum Gasteiger partial charge on any atom is 0.164 e. The first kappa shape index (κ1) is 9.20. The predicted molar refractivity (Wildman–Crippen MR) is 58.3 cm³/mol. The molecule has 1 unspecified atom stereocenters. The second-order valence-corrected chi connectivity index (χ2v) is 4.00. The number of ketones is 1. The Labute approximate surface area is 84.5 Å². The molecule has 0 N–H and O–H groups in total. The molecule has 1 aromatic carbocycles. The van der Waals surface area contributed by atoms with Crippen LogP contribution in [0.1, 0.15) is 34.8 Å². The van der Waals surface area contributed by atoms with Gasteiger partial charge in [0.2, 0.25) is 0 Å². The number of allylic oxidation sites excluding steroid dienone is 1. The largest absolute Gasteiger partial charge is 0.294 e. The van der Waals surface area contributed by atoms with Gasteiger partial charge in [-0.05, 0) is 24.0 Å². The molecule has 2 rings (SSSR count). The van der Waals surface area contributed by atoms with Gasteiger partial charge in [0.25, 0.3) is 0 Å². The summed E-state index contributed by atoms with van der Waals surface area (Å²) in [5.74, 6) is 0.621. The Morgan fingerprint density at radius 1 is 1.36 bits per heavy atom. The van der Waals surface area contributed by atoms with Gasteiger partial charge in [0, 0.05) is 12.0 Å². The van der Waals surface area contributed by atoms with Crippen molar-refractivity contribution < 1.29 is 4.79 Å². The van der Waals surface area contributed by atoms with Crippen LogP contribution in [-0.4, -0.2) is 5.78 Å². The van der Waals surface area contributed by atoms with Crippen LogP contribution in [-0.2, 0) is 0 Å². The van der Waals surface area contributed by atoms with Crippen LogP contribution in [0.15, 0.2) is 24.3 Å². The lowest BCUT2D eigenvalue weighted by Gasteiger charge is -2.05. The first-order valence-corrected chi connectivity index (χ1v) is 4.99. The molecule has 0 heterocycles. The van der Waals surface area contributed by atoms with Gasteiger partial charge < -0.3 is 0 Å². The third-order valence-corrected chi connectivity index (χ3v) is 2.72. The van der Waals surface area contributed by atoms with Gasteiger partial charge in [-0.25, -0.2) is 0 Å². The first-order valence-electron chi connectivity index (χ1n) is 4.99. The quantitative estimate of drug-likeness (QED) is 0.608. The molecule has 0 saturated heterocycles. The molecule has 1 aliphatic rings. The van der Waals surface area contributed by atoms with Crippen molar-refractivity contribution in [1.29, 1.82) is 0 Å². The van der Waals surface area contributed by atoms with Gasteiger partial charge in [-0.15, -0.1) is 0 Å². The van der Waals surface area contributed by atoms with E-state index in [1.54, 1.807) is 0 Å². The average Bonchev–Trinajstić information content (AvgIpc) is 2.28. The minimum atomic E-state index is 0.265. The smallest absolute Gasteiger partial charge is 0.164 e. The van der Waals surface area contributed by atoms with Crippen molar-refractivity contribution in [1.82, 2.24) is 0 Å². The lowest BCUT2D eigenvalue weighted by atomic mass is 9.98. The molecule has 0 radical (unpaired) electrons. The predicted octanol–water partition coefficient (Wildman–Crippen LogP) is 3.23. The van der Waals surface area contributed by atoms with E-state index in [-0.39, 0.29) is 5.78 Å². The number of aryl methyl sites for hydroxylation is 1. The molecule has 1 heteroatoms. The summed E-state index contributed by atoms with van der Waals surface area (Å²) in [5, 5.41) is 0. The van der Waals surface area contributed by atoms with Crippen molar-refractivity contribution in [2.75, 3.05) is 0 Å². The van der Waals surface area contributed by atoms with Gasteiger partial charge in [-0.2, -0.15) is 0 Å². The Bertz CT molecular complexity index is 402. The number of hydrogen-bond acceptors (Lipinski definition) is 1. The average molecular weight is 186 g/mol. The van der Waals surface area contributed by atoms with E-state index in [4.69, 9.17) is 0 Å². The summed E-state index contributed by atoms with van der Waals surface area (Å²) in [7, 11) is 0. The molecule has 0 amide bonds. The van der Waals surface area contributed by atoms with E-state index in [1.165, 1.54) is 5.56 Å². The highest BCUT2D eigenvalue weighted by Gasteiger charge is 2.16. The van der Waals surface area contributed by atoms with Gasteiger partial charge in [-0.1, -0.05) is 37.3 Å². The molecular weight excluding hydrogens is 172 g/mol. The van der Waals surface area contributed by atoms with Crippen LogP contribution in [0.4, 0.5) is 0 Å². The van der Waals surface area contributed by atoms with E-state index in [1.807, 2.05) is 25.1 Å². The van der Waals surface area contributed by atoms with E-state index in [0.717, 1.165) is 11.1 Å². The van der Waals surface area contributed by atoms with Gasteiger partial charge in [0.1, 0.15) is 0 Å². The Kier molecular flexibility index (Phi) is 2.24. The lowest BCUT2D eigenvalue weighted by Crippen LogP contribution is -2.03. The van der Waals surface area contributed by atoms with Crippen LogP contribution in [0.3, 0.4) is 0 Å². The molecule has 1 nitrogen and oxygen atoms in total. The Balaban J connectivity index is 2.59. The fourth-order valence-corrected chi connectivity index (χ4v) is 1.88. The van der Waals surface area contributed by atoms with Gasteiger partial charge in [0.05, 0.1) is 0 Å². The number of rotatable bonds is 0. The molecule has 0 fully saturated rings. The standard InChI is InChI=1S/C13H14O/c1-9-6-7-11-10(2)4-3-5-12(11)13(14)8-9/h3-7,9H,8H2,1-2H3. The van der Waals surface area contributed by atoms with Crippen LogP contribution < -0.4 is 0 Å². The molecule has 0 aliphatic heterocycles. The van der Waals surface area contributed by atoms with Crippen molar-refractivity contribution >= 4 is 11.9 Å². The fraction of sp³-hybridized carbons (Fsp3) is 0.308. The highest BCUT2D eigenvalue weighted by atomic mass is 16.1. The summed E-state index contributed by atoms with van der Waals surface area (Å²) in [4.78, 5) is 11.8.